The Balaban J connectivity index is 2.14. The van der Waals surface area contributed by atoms with Gasteiger partial charge in [0.15, 0.2) is 0 Å². The van der Waals surface area contributed by atoms with Crippen molar-refractivity contribution in [1.29, 1.82) is 0 Å². The lowest BCUT2D eigenvalue weighted by Crippen LogP contribution is -2.20. The zero-order valence-corrected chi connectivity index (χ0v) is 12.2. The van der Waals surface area contributed by atoms with Crippen molar-refractivity contribution in [3.8, 4) is 0 Å². The molecule has 2 aromatic heterocycles. The Morgan fingerprint density at radius 3 is 2.74 bits per heavy atom. The minimum atomic E-state index is 0.254. The van der Waals surface area contributed by atoms with Crippen molar-refractivity contribution >= 4 is 0 Å². The molecule has 0 bridgehead atoms. The molecule has 1 unspecified atom stereocenters. The van der Waals surface area contributed by atoms with E-state index in [0.717, 1.165) is 24.3 Å². The molecule has 0 aromatic carbocycles. The van der Waals surface area contributed by atoms with E-state index in [1.807, 2.05) is 17.9 Å². The minimum absolute atomic E-state index is 0.254. The van der Waals surface area contributed by atoms with Gasteiger partial charge in [-0.2, -0.15) is 5.10 Å². The quantitative estimate of drug-likeness (QED) is 0.868. The van der Waals surface area contributed by atoms with Gasteiger partial charge in [0.05, 0.1) is 12.0 Å². The van der Waals surface area contributed by atoms with Crippen molar-refractivity contribution in [2.45, 2.75) is 45.7 Å². The molecular formula is C15H23N3O. The Morgan fingerprint density at radius 1 is 1.37 bits per heavy atom. The lowest BCUT2D eigenvalue weighted by atomic mass is 10.0. The van der Waals surface area contributed by atoms with Gasteiger partial charge in [-0.1, -0.05) is 6.92 Å². The lowest BCUT2D eigenvalue weighted by Gasteiger charge is -2.15. The second-order valence-corrected chi connectivity index (χ2v) is 5.08. The van der Waals surface area contributed by atoms with Crippen LogP contribution in [0, 0.1) is 0 Å². The van der Waals surface area contributed by atoms with Crippen LogP contribution in [-0.4, -0.2) is 16.8 Å². The third kappa shape index (κ3) is 3.07. The van der Waals surface area contributed by atoms with E-state index in [9.17, 15) is 0 Å². The van der Waals surface area contributed by atoms with Crippen molar-refractivity contribution in [1.82, 2.24) is 15.1 Å². The Hall–Kier alpha value is -1.55. The number of nitrogens with one attached hydrogen (secondary N) is 1. The van der Waals surface area contributed by atoms with Gasteiger partial charge >= 0.3 is 0 Å². The van der Waals surface area contributed by atoms with Crippen LogP contribution in [0.1, 0.15) is 49.9 Å². The van der Waals surface area contributed by atoms with E-state index in [1.54, 1.807) is 6.26 Å². The molecule has 0 radical (unpaired) electrons. The molecule has 1 N–H and O–H groups in total. The van der Waals surface area contributed by atoms with Crippen molar-refractivity contribution in [3.05, 3.63) is 41.6 Å². The summed E-state index contributed by atoms with van der Waals surface area (Å²) in [5, 5.41) is 7.97. The first-order valence-corrected chi connectivity index (χ1v) is 6.93. The van der Waals surface area contributed by atoms with E-state index >= 15 is 0 Å². The minimum Gasteiger partial charge on any atom is -0.469 e. The molecule has 4 heteroatoms. The average molecular weight is 261 g/mol. The van der Waals surface area contributed by atoms with Crippen LogP contribution in [0.15, 0.2) is 29.0 Å². The number of nitrogens with zero attached hydrogens (tertiary/aromatic N) is 2. The fourth-order valence-corrected chi connectivity index (χ4v) is 2.30. The van der Waals surface area contributed by atoms with Gasteiger partial charge in [-0.25, -0.2) is 0 Å². The summed E-state index contributed by atoms with van der Waals surface area (Å²) in [5.74, 6) is 1.06. The summed E-state index contributed by atoms with van der Waals surface area (Å²) < 4.78 is 7.51. The standard InChI is InChI=1S/C15H23N3O/c1-5-15-13(7-9-19-15)14(16-4)10-12-6-8-18(17-12)11(2)3/h6-9,11,14,16H,5,10H2,1-4H3. The second-order valence-electron chi connectivity index (χ2n) is 5.08. The van der Waals surface area contributed by atoms with Crippen molar-refractivity contribution in [3.63, 3.8) is 0 Å². The molecule has 104 valence electrons. The largest absolute Gasteiger partial charge is 0.469 e. The highest BCUT2D eigenvalue weighted by Crippen LogP contribution is 2.23. The van der Waals surface area contributed by atoms with Crippen LogP contribution in [0.5, 0.6) is 0 Å². The molecule has 0 aliphatic rings. The van der Waals surface area contributed by atoms with Gasteiger partial charge in [0.1, 0.15) is 5.76 Å². The van der Waals surface area contributed by atoms with Gasteiger partial charge in [0.25, 0.3) is 0 Å². The van der Waals surface area contributed by atoms with Crippen molar-refractivity contribution in [2.24, 2.45) is 0 Å². The Kier molecular flexibility index (Phi) is 4.43. The molecule has 0 saturated carbocycles. The number of rotatable bonds is 6. The normalized spacial score (nSPS) is 13.1. The maximum Gasteiger partial charge on any atom is 0.108 e. The van der Waals surface area contributed by atoms with Crippen LogP contribution in [0.3, 0.4) is 0 Å². The molecule has 2 rings (SSSR count). The van der Waals surface area contributed by atoms with Gasteiger partial charge < -0.3 is 9.73 Å². The first-order valence-electron chi connectivity index (χ1n) is 6.93. The first-order chi connectivity index (χ1) is 9.15. The molecule has 0 spiro atoms. The molecule has 0 saturated heterocycles. The predicted molar refractivity (Wildman–Crippen MR) is 76.2 cm³/mol. The number of hydrogen-bond donors (Lipinski definition) is 1. The molecule has 2 heterocycles. The molecule has 19 heavy (non-hydrogen) atoms. The summed E-state index contributed by atoms with van der Waals surface area (Å²) in [7, 11) is 1.98. The van der Waals surface area contributed by atoms with Gasteiger partial charge in [-0.3, -0.25) is 4.68 Å². The van der Waals surface area contributed by atoms with E-state index in [1.165, 1.54) is 5.56 Å². The Labute approximate surface area is 114 Å². The van der Waals surface area contributed by atoms with Crippen LogP contribution in [0.25, 0.3) is 0 Å². The van der Waals surface area contributed by atoms with Crippen LogP contribution in [0.2, 0.25) is 0 Å². The first kappa shape index (κ1) is 13.9. The van der Waals surface area contributed by atoms with Gasteiger partial charge in [-0.05, 0) is 33.0 Å². The van der Waals surface area contributed by atoms with E-state index in [0.29, 0.717) is 6.04 Å². The van der Waals surface area contributed by atoms with Crippen molar-refractivity contribution < 1.29 is 4.42 Å². The SMILES string of the molecule is CCc1occc1C(Cc1ccn(C(C)C)n1)NC. The van der Waals surface area contributed by atoms with Gasteiger partial charge in [0, 0.05) is 36.7 Å². The fourth-order valence-electron chi connectivity index (χ4n) is 2.30. The highest BCUT2D eigenvalue weighted by Gasteiger charge is 2.17. The van der Waals surface area contributed by atoms with Crippen molar-refractivity contribution in [2.75, 3.05) is 7.05 Å². The molecule has 0 aliphatic carbocycles. The van der Waals surface area contributed by atoms with Crippen LogP contribution in [0.4, 0.5) is 0 Å². The lowest BCUT2D eigenvalue weighted by molar-refractivity contribution is 0.489. The highest BCUT2D eigenvalue weighted by molar-refractivity contribution is 5.23. The number of aromatic nitrogens is 2. The van der Waals surface area contributed by atoms with Crippen LogP contribution >= 0.6 is 0 Å². The highest BCUT2D eigenvalue weighted by atomic mass is 16.3. The third-order valence-corrected chi connectivity index (χ3v) is 3.43. The monoisotopic (exact) mass is 261 g/mol. The molecule has 4 nitrogen and oxygen atoms in total. The smallest absolute Gasteiger partial charge is 0.108 e. The molecular weight excluding hydrogens is 238 g/mol. The molecule has 2 aromatic rings. The summed E-state index contributed by atoms with van der Waals surface area (Å²) in [6.45, 7) is 6.39. The maximum absolute atomic E-state index is 5.51. The molecule has 1 atom stereocenters. The van der Waals surface area contributed by atoms with Gasteiger partial charge in [-0.15, -0.1) is 0 Å². The number of likely N-dealkylation sites (N-methyl/N-ethyl adjacent to an activating group) is 1. The third-order valence-electron chi connectivity index (χ3n) is 3.43. The summed E-state index contributed by atoms with van der Waals surface area (Å²) in [5.41, 5.74) is 2.35. The van der Waals surface area contributed by atoms with E-state index in [-0.39, 0.29) is 6.04 Å². The number of furan rings is 1. The number of hydrogen-bond acceptors (Lipinski definition) is 3. The second kappa shape index (κ2) is 6.06. The Morgan fingerprint density at radius 2 is 2.16 bits per heavy atom. The Bertz CT molecular complexity index is 513. The topological polar surface area (TPSA) is 43.0 Å². The summed E-state index contributed by atoms with van der Waals surface area (Å²) in [6, 6.07) is 4.81. The zero-order valence-electron chi connectivity index (χ0n) is 12.2. The summed E-state index contributed by atoms with van der Waals surface area (Å²) in [6.07, 6.45) is 5.61. The van der Waals surface area contributed by atoms with Crippen LogP contribution in [-0.2, 0) is 12.8 Å². The molecule has 0 fully saturated rings. The van der Waals surface area contributed by atoms with Crippen LogP contribution < -0.4 is 5.32 Å². The predicted octanol–water partition coefficient (Wildman–Crippen LogP) is 3.12. The summed E-state index contributed by atoms with van der Waals surface area (Å²) >= 11 is 0. The fraction of sp³-hybridized carbons (Fsp3) is 0.533. The molecule has 0 aliphatic heterocycles. The average Bonchev–Trinajstić information content (AvgIpc) is 3.04. The molecule has 0 amide bonds. The summed E-state index contributed by atoms with van der Waals surface area (Å²) in [4.78, 5) is 0. The number of aryl methyl sites for hydroxylation is 1. The van der Waals surface area contributed by atoms with E-state index in [4.69, 9.17) is 4.42 Å². The van der Waals surface area contributed by atoms with Gasteiger partial charge in [0.2, 0.25) is 0 Å². The zero-order chi connectivity index (χ0) is 13.8. The van der Waals surface area contributed by atoms with E-state index < -0.39 is 0 Å². The maximum atomic E-state index is 5.51. The van der Waals surface area contributed by atoms with E-state index in [2.05, 4.69) is 43.3 Å².